The standard InChI is InChI=1S/C12H11F2N/c1-2-9-3-5-10(6-4-9)11(15)7-12(13,14)8-11/h1,3-6H,7-8,15H2. The largest absolute Gasteiger partial charge is 0.321 e. The zero-order valence-electron chi connectivity index (χ0n) is 8.13. The van der Waals surface area contributed by atoms with Crippen LogP contribution in [0, 0.1) is 12.3 Å². The Balaban J connectivity index is 2.22. The molecule has 1 saturated carbocycles. The molecule has 1 aliphatic rings. The van der Waals surface area contributed by atoms with Crippen molar-refractivity contribution in [3.05, 3.63) is 35.4 Å². The molecule has 78 valence electrons. The summed E-state index contributed by atoms with van der Waals surface area (Å²) in [7, 11) is 0. The van der Waals surface area contributed by atoms with Crippen LogP contribution in [0.25, 0.3) is 0 Å². The second kappa shape index (κ2) is 3.04. The molecular weight excluding hydrogens is 196 g/mol. The maximum Gasteiger partial charge on any atom is 0.252 e. The van der Waals surface area contributed by atoms with E-state index in [0.717, 1.165) is 11.1 Å². The molecular formula is C12H11F2N. The normalized spacial score (nSPS) is 21.5. The van der Waals surface area contributed by atoms with Crippen molar-refractivity contribution >= 4 is 0 Å². The maximum atomic E-state index is 12.8. The third-order valence-electron chi connectivity index (χ3n) is 2.77. The Hall–Kier alpha value is -1.40. The molecule has 0 bridgehead atoms. The summed E-state index contributed by atoms with van der Waals surface area (Å²) in [4.78, 5) is 0. The van der Waals surface area contributed by atoms with Gasteiger partial charge >= 0.3 is 0 Å². The van der Waals surface area contributed by atoms with E-state index in [-0.39, 0.29) is 12.8 Å². The quantitative estimate of drug-likeness (QED) is 0.702. The molecule has 0 atom stereocenters. The summed E-state index contributed by atoms with van der Waals surface area (Å²) in [5.41, 5.74) is 6.44. The molecule has 0 unspecified atom stereocenters. The van der Waals surface area contributed by atoms with Crippen LogP contribution in [-0.4, -0.2) is 5.92 Å². The maximum absolute atomic E-state index is 12.8. The molecule has 2 N–H and O–H groups in total. The third-order valence-corrected chi connectivity index (χ3v) is 2.77. The molecule has 0 aliphatic heterocycles. The minimum absolute atomic E-state index is 0.282. The Morgan fingerprint density at radius 1 is 1.20 bits per heavy atom. The van der Waals surface area contributed by atoms with Gasteiger partial charge in [-0.25, -0.2) is 8.78 Å². The van der Waals surface area contributed by atoms with Crippen LogP contribution < -0.4 is 5.73 Å². The number of halogens is 2. The van der Waals surface area contributed by atoms with Crippen molar-refractivity contribution in [3.8, 4) is 12.3 Å². The highest BCUT2D eigenvalue weighted by Gasteiger charge is 2.55. The number of rotatable bonds is 1. The van der Waals surface area contributed by atoms with Gasteiger partial charge in [0, 0.05) is 18.4 Å². The van der Waals surface area contributed by atoms with Crippen molar-refractivity contribution < 1.29 is 8.78 Å². The first kappa shape index (κ1) is 10.1. The second-order valence-corrected chi connectivity index (χ2v) is 4.09. The first-order chi connectivity index (χ1) is 6.95. The van der Waals surface area contributed by atoms with Gasteiger partial charge in [0.2, 0.25) is 0 Å². The van der Waals surface area contributed by atoms with Gasteiger partial charge in [0.05, 0.1) is 5.54 Å². The lowest BCUT2D eigenvalue weighted by molar-refractivity contribution is -0.125. The van der Waals surface area contributed by atoms with Crippen LogP contribution in [-0.2, 0) is 5.54 Å². The lowest BCUT2D eigenvalue weighted by Gasteiger charge is -2.44. The van der Waals surface area contributed by atoms with E-state index in [1.165, 1.54) is 0 Å². The molecule has 3 heteroatoms. The van der Waals surface area contributed by atoms with Gasteiger partial charge < -0.3 is 5.73 Å². The highest BCUT2D eigenvalue weighted by atomic mass is 19.3. The summed E-state index contributed by atoms with van der Waals surface area (Å²) < 4.78 is 25.5. The van der Waals surface area contributed by atoms with Crippen LogP contribution in [0.2, 0.25) is 0 Å². The minimum atomic E-state index is -2.61. The van der Waals surface area contributed by atoms with Gasteiger partial charge in [0.25, 0.3) is 5.92 Å². The Kier molecular flexibility index (Phi) is 2.06. The Labute approximate surface area is 87.3 Å². The smallest absolute Gasteiger partial charge is 0.252 e. The lowest BCUT2D eigenvalue weighted by atomic mass is 9.70. The van der Waals surface area contributed by atoms with Gasteiger partial charge in [0.1, 0.15) is 0 Å². The van der Waals surface area contributed by atoms with Crippen molar-refractivity contribution in [3.63, 3.8) is 0 Å². The van der Waals surface area contributed by atoms with E-state index in [1.54, 1.807) is 24.3 Å². The molecule has 0 spiro atoms. The molecule has 0 saturated heterocycles. The van der Waals surface area contributed by atoms with Gasteiger partial charge in [0.15, 0.2) is 0 Å². The zero-order valence-corrected chi connectivity index (χ0v) is 8.13. The average molecular weight is 207 g/mol. The summed E-state index contributed by atoms with van der Waals surface area (Å²) in [6.07, 6.45) is 4.63. The van der Waals surface area contributed by atoms with Crippen molar-refractivity contribution in [2.75, 3.05) is 0 Å². The van der Waals surface area contributed by atoms with Crippen LogP contribution in [0.3, 0.4) is 0 Å². The fraction of sp³-hybridized carbons (Fsp3) is 0.333. The van der Waals surface area contributed by atoms with Crippen molar-refractivity contribution in [2.24, 2.45) is 5.73 Å². The molecule has 1 aromatic carbocycles. The SMILES string of the molecule is C#Cc1ccc(C2(N)CC(F)(F)C2)cc1. The van der Waals surface area contributed by atoms with Crippen LogP contribution in [0.4, 0.5) is 8.78 Å². The minimum Gasteiger partial charge on any atom is -0.321 e. The number of terminal acetylenes is 1. The first-order valence-corrected chi connectivity index (χ1v) is 4.69. The van der Waals surface area contributed by atoms with E-state index in [9.17, 15) is 8.78 Å². The van der Waals surface area contributed by atoms with Gasteiger partial charge in [-0.15, -0.1) is 6.42 Å². The van der Waals surface area contributed by atoms with Gasteiger partial charge in [-0.1, -0.05) is 18.1 Å². The van der Waals surface area contributed by atoms with E-state index in [2.05, 4.69) is 5.92 Å². The number of nitrogens with two attached hydrogens (primary N) is 1. The molecule has 2 rings (SSSR count). The summed E-state index contributed by atoms with van der Waals surface area (Å²) >= 11 is 0. The molecule has 0 radical (unpaired) electrons. The molecule has 0 heterocycles. The van der Waals surface area contributed by atoms with Crippen LogP contribution in [0.5, 0.6) is 0 Å². The Morgan fingerprint density at radius 2 is 1.73 bits per heavy atom. The third kappa shape index (κ3) is 1.73. The number of hydrogen-bond acceptors (Lipinski definition) is 1. The summed E-state index contributed by atoms with van der Waals surface area (Å²) in [5.74, 6) is -0.143. The molecule has 1 fully saturated rings. The first-order valence-electron chi connectivity index (χ1n) is 4.69. The molecule has 1 aliphatic carbocycles. The number of hydrogen-bond donors (Lipinski definition) is 1. The average Bonchev–Trinajstić information content (AvgIpc) is 2.15. The van der Waals surface area contributed by atoms with E-state index in [1.807, 2.05) is 0 Å². The predicted octanol–water partition coefficient (Wildman–Crippen LogP) is 2.25. The Morgan fingerprint density at radius 3 is 2.13 bits per heavy atom. The van der Waals surface area contributed by atoms with E-state index in [0.29, 0.717) is 0 Å². The van der Waals surface area contributed by atoms with Crippen molar-refractivity contribution in [2.45, 2.75) is 24.3 Å². The summed E-state index contributed by atoms with van der Waals surface area (Å²) in [6, 6.07) is 6.90. The number of alkyl halides is 2. The van der Waals surface area contributed by atoms with E-state index in [4.69, 9.17) is 12.2 Å². The second-order valence-electron chi connectivity index (χ2n) is 4.09. The number of benzene rings is 1. The Bertz CT molecular complexity index is 406. The van der Waals surface area contributed by atoms with Gasteiger partial charge in [-0.2, -0.15) is 0 Å². The van der Waals surface area contributed by atoms with Gasteiger partial charge in [-0.3, -0.25) is 0 Å². The highest BCUT2D eigenvalue weighted by Crippen LogP contribution is 2.49. The van der Waals surface area contributed by atoms with Gasteiger partial charge in [-0.05, 0) is 17.7 Å². The molecule has 15 heavy (non-hydrogen) atoms. The topological polar surface area (TPSA) is 26.0 Å². The molecule has 0 amide bonds. The van der Waals surface area contributed by atoms with Crippen molar-refractivity contribution in [1.82, 2.24) is 0 Å². The van der Waals surface area contributed by atoms with E-state index < -0.39 is 11.5 Å². The van der Waals surface area contributed by atoms with E-state index >= 15 is 0 Å². The molecule has 0 aromatic heterocycles. The summed E-state index contributed by atoms with van der Waals surface area (Å²) in [6.45, 7) is 0. The predicted molar refractivity (Wildman–Crippen MR) is 54.4 cm³/mol. The lowest BCUT2D eigenvalue weighted by Crippen LogP contribution is -2.55. The summed E-state index contributed by atoms with van der Waals surface area (Å²) in [5, 5.41) is 0. The highest BCUT2D eigenvalue weighted by molar-refractivity contribution is 5.38. The van der Waals surface area contributed by atoms with Crippen LogP contribution >= 0.6 is 0 Å². The fourth-order valence-corrected chi connectivity index (χ4v) is 1.97. The zero-order chi connectivity index (χ0) is 11.1. The molecule has 1 nitrogen and oxygen atoms in total. The monoisotopic (exact) mass is 207 g/mol. The van der Waals surface area contributed by atoms with Crippen LogP contribution in [0.1, 0.15) is 24.0 Å². The fourth-order valence-electron chi connectivity index (χ4n) is 1.97. The van der Waals surface area contributed by atoms with Crippen molar-refractivity contribution in [1.29, 1.82) is 0 Å². The van der Waals surface area contributed by atoms with Crippen LogP contribution in [0.15, 0.2) is 24.3 Å². The molecule has 1 aromatic rings.